The van der Waals surface area contributed by atoms with Gasteiger partial charge in [0, 0.05) is 12.3 Å². The third-order valence-corrected chi connectivity index (χ3v) is 4.69. The van der Waals surface area contributed by atoms with Crippen LogP contribution in [0.15, 0.2) is 0 Å². The minimum absolute atomic E-state index is 0.300. The van der Waals surface area contributed by atoms with Crippen LogP contribution >= 0.6 is 0 Å². The van der Waals surface area contributed by atoms with E-state index in [1.807, 2.05) is 7.05 Å². The Morgan fingerprint density at radius 3 is 2.27 bits per heavy atom. The number of rotatable bonds is 5. The molecule has 0 aromatic heterocycles. The molecule has 1 N–H and O–H groups in total. The van der Waals surface area contributed by atoms with Crippen LogP contribution in [0.4, 0.5) is 0 Å². The van der Waals surface area contributed by atoms with Crippen LogP contribution in [0.3, 0.4) is 0 Å². The van der Waals surface area contributed by atoms with Crippen molar-refractivity contribution < 1.29 is 8.42 Å². The van der Waals surface area contributed by atoms with Gasteiger partial charge in [-0.05, 0) is 31.7 Å². The lowest BCUT2D eigenvalue weighted by Gasteiger charge is -2.33. The molecule has 4 heteroatoms. The monoisotopic (exact) mass is 233 g/mol. The molecule has 1 atom stereocenters. The van der Waals surface area contributed by atoms with Gasteiger partial charge >= 0.3 is 0 Å². The van der Waals surface area contributed by atoms with E-state index < -0.39 is 9.84 Å². The lowest BCUT2D eigenvalue weighted by molar-refractivity contribution is 0.226. The van der Waals surface area contributed by atoms with E-state index in [0.717, 1.165) is 6.42 Å². The molecule has 3 nitrogen and oxygen atoms in total. The predicted molar refractivity (Wildman–Crippen MR) is 63.8 cm³/mol. The smallest absolute Gasteiger partial charge is 0.147 e. The molecule has 0 radical (unpaired) electrons. The second-order valence-corrected chi connectivity index (χ2v) is 7.38. The van der Waals surface area contributed by atoms with E-state index >= 15 is 0 Å². The average Bonchev–Trinajstić information content (AvgIpc) is 2.52. The Kier molecular flexibility index (Phi) is 4.18. The molecule has 1 saturated carbocycles. The third kappa shape index (κ3) is 3.76. The Hall–Kier alpha value is -0.0900. The molecule has 0 saturated heterocycles. The van der Waals surface area contributed by atoms with Crippen molar-refractivity contribution >= 4 is 9.84 Å². The summed E-state index contributed by atoms with van der Waals surface area (Å²) < 4.78 is 22.3. The summed E-state index contributed by atoms with van der Waals surface area (Å²) in [6.07, 6.45) is 7.08. The summed E-state index contributed by atoms with van der Waals surface area (Å²) in [5.74, 6) is 0.300. The van der Waals surface area contributed by atoms with E-state index in [9.17, 15) is 8.42 Å². The van der Waals surface area contributed by atoms with Crippen molar-refractivity contribution in [2.24, 2.45) is 5.41 Å². The van der Waals surface area contributed by atoms with Crippen LogP contribution < -0.4 is 5.32 Å². The quantitative estimate of drug-likeness (QED) is 0.784. The summed E-state index contributed by atoms with van der Waals surface area (Å²) in [6, 6.07) is 0.342. The molecule has 0 aromatic rings. The Morgan fingerprint density at radius 1 is 1.33 bits per heavy atom. The van der Waals surface area contributed by atoms with Crippen LogP contribution in [0.2, 0.25) is 0 Å². The molecule has 90 valence electrons. The van der Waals surface area contributed by atoms with Gasteiger partial charge in [-0.1, -0.05) is 19.8 Å². The maximum atomic E-state index is 11.1. The average molecular weight is 233 g/mol. The SMILES string of the molecule is CNC(CCS(C)(=O)=O)C1(C)CCCC1. The van der Waals surface area contributed by atoms with Crippen LogP contribution in [-0.2, 0) is 9.84 Å². The first-order valence-electron chi connectivity index (χ1n) is 5.72. The largest absolute Gasteiger partial charge is 0.316 e. The molecular formula is C11H23NO2S. The maximum Gasteiger partial charge on any atom is 0.147 e. The topological polar surface area (TPSA) is 46.2 Å². The van der Waals surface area contributed by atoms with E-state index in [-0.39, 0.29) is 0 Å². The van der Waals surface area contributed by atoms with Gasteiger partial charge in [0.1, 0.15) is 9.84 Å². The number of hydrogen-bond acceptors (Lipinski definition) is 3. The van der Waals surface area contributed by atoms with E-state index in [0.29, 0.717) is 17.2 Å². The zero-order valence-corrected chi connectivity index (χ0v) is 10.9. The van der Waals surface area contributed by atoms with Gasteiger partial charge in [0.25, 0.3) is 0 Å². The highest BCUT2D eigenvalue weighted by molar-refractivity contribution is 7.90. The van der Waals surface area contributed by atoms with Gasteiger partial charge < -0.3 is 5.32 Å². The van der Waals surface area contributed by atoms with Gasteiger partial charge in [0.05, 0.1) is 5.75 Å². The molecular weight excluding hydrogens is 210 g/mol. The highest BCUT2D eigenvalue weighted by Crippen LogP contribution is 2.41. The Balaban J connectivity index is 2.55. The Morgan fingerprint density at radius 2 is 1.87 bits per heavy atom. The van der Waals surface area contributed by atoms with Crippen LogP contribution in [0.1, 0.15) is 39.0 Å². The first-order valence-corrected chi connectivity index (χ1v) is 7.78. The molecule has 15 heavy (non-hydrogen) atoms. The van der Waals surface area contributed by atoms with Crippen LogP contribution in [0.25, 0.3) is 0 Å². The van der Waals surface area contributed by atoms with Gasteiger partial charge in [-0.2, -0.15) is 0 Å². The van der Waals surface area contributed by atoms with Gasteiger partial charge in [-0.15, -0.1) is 0 Å². The lowest BCUT2D eigenvalue weighted by Crippen LogP contribution is -2.41. The summed E-state index contributed by atoms with van der Waals surface area (Å²) in [5.41, 5.74) is 0.305. The molecule has 1 fully saturated rings. The second kappa shape index (κ2) is 4.83. The van der Waals surface area contributed by atoms with Crippen molar-refractivity contribution in [1.82, 2.24) is 5.32 Å². The molecule has 0 bridgehead atoms. The second-order valence-electron chi connectivity index (χ2n) is 5.12. The summed E-state index contributed by atoms with van der Waals surface area (Å²) in [6.45, 7) is 2.28. The fourth-order valence-electron chi connectivity index (χ4n) is 2.70. The highest BCUT2D eigenvalue weighted by atomic mass is 32.2. The molecule has 1 aliphatic rings. The van der Waals surface area contributed by atoms with Gasteiger partial charge in [-0.3, -0.25) is 0 Å². The number of hydrogen-bond donors (Lipinski definition) is 1. The molecule has 0 amide bonds. The molecule has 0 aliphatic heterocycles. The first-order chi connectivity index (χ1) is 6.87. The van der Waals surface area contributed by atoms with Crippen LogP contribution in [-0.4, -0.2) is 33.5 Å². The fraction of sp³-hybridized carbons (Fsp3) is 1.00. The molecule has 1 unspecified atom stereocenters. The maximum absolute atomic E-state index is 11.1. The minimum atomic E-state index is -2.83. The molecule has 0 heterocycles. The molecule has 1 aliphatic carbocycles. The van der Waals surface area contributed by atoms with Crippen molar-refractivity contribution in [3.8, 4) is 0 Å². The van der Waals surface area contributed by atoms with Crippen molar-refractivity contribution in [2.75, 3.05) is 19.1 Å². The molecule has 0 aromatic carbocycles. The predicted octanol–water partition coefficient (Wildman–Crippen LogP) is 1.59. The highest BCUT2D eigenvalue weighted by Gasteiger charge is 2.36. The third-order valence-electron chi connectivity index (χ3n) is 3.71. The Bertz CT molecular complexity index is 292. The molecule has 1 rings (SSSR count). The van der Waals surface area contributed by atoms with E-state index in [1.165, 1.54) is 31.9 Å². The summed E-state index contributed by atoms with van der Waals surface area (Å²) in [4.78, 5) is 0. The normalized spacial score (nSPS) is 22.9. The fourth-order valence-corrected chi connectivity index (χ4v) is 3.37. The van der Waals surface area contributed by atoms with Crippen molar-refractivity contribution in [2.45, 2.75) is 45.1 Å². The van der Waals surface area contributed by atoms with E-state index in [2.05, 4.69) is 12.2 Å². The summed E-state index contributed by atoms with van der Waals surface area (Å²) in [5, 5.41) is 3.29. The summed E-state index contributed by atoms with van der Waals surface area (Å²) in [7, 11) is -0.885. The van der Waals surface area contributed by atoms with Gasteiger partial charge in [0.2, 0.25) is 0 Å². The first kappa shape index (κ1) is 13.0. The van der Waals surface area contributed by atoms with E-state index in [4.69, 9.17) is 0 Å². The summed E-state index contributed by atoms with van der Waals surface area (Å²) >= 11 is 0. The minimum Gasteiger partial charge on any atom is -0.316 e. The number of sulfone groups is 1. The standard InChI is InChI=1S/C11H23NO2S/c1-11(7-4-5-8-11)10(12-2)6-9-15(3,13)14/h10,12H,4-9H2,1-3H3. The van der Waals surface area contributed by atoms with Crippen LogP contribution in [0.5, 0.6) is 0 Å². The van der Waals surface area contributed by atoms with E-state index in [1.54, 1.807) is 0 Å². The zero-order chi connectivity index (χ0) is 11.5. The van der Waals surface area contributed by atoms with Crippen molar-refractivity contribution in [3.05, 3.63) is 0 Å². The van der Waals surface area contributed by atoms with Gasteiger partial charge in [0.15, 0.2) is 0 Å². The van der Waals surface area contributed by atoms with Crippen molar-refractivity contribution in [1.29, 1.82) is 0 Å². The van der Waals surface area contributed by atoms with Crippen LogP contribution in [0, 0.1) is 5.41 Å². The lowest BCUT2D eigenvalue weighted by atomic mass is 9.79. The Labute approximate surface area is 93.6 Å². The van der Waals surface area contributed by atoms with Crippen molar-refractivity contribution in [3.63, 3.8) is 0 Å². The zero-order valence-electron chi connectivity index (χ0n) is 10.0. The van der Waals surface area contributed by atoms with Gasteiger partial charge in [-0.25, -0.2) is 8.42 Å². The molecule has 0 spiro atoms. The number of nitrogens with one attached hydrogen (secondary N) is 1.